The minimum atomic E-state index is -3.98. The molecule has 0 atom stereocenters. The number of hydrogen-bond acceptors (Lipinski definition) is 3. The Morgan fingerprint density at radius 3 is 2.43 bits per heavy atom. The normalized spacial score (nSPS) is 11.2. The molecule has 0 saturated carbocycles. The fraction of sp³-hybridized carbons (Fsp3) is 0.0714. The summed E-state index contributed by atoms with van der Waals surface area (Å²) < 4.78 is 36.0. The molecule has 0 radical (unpaired) electrons. The quantitative estimate of drug-likeness (QED) is 0.909. The van der Waals surface area contributed by atoms with Gasteiger partial charge in [0, 0.05) is 5.56 Å². The van der Waals surface area contributed by atoms with Crippen molar-refractivity contribution < 1.29 is 17.6 Å². The second kappa shape index (κ2) is 5.63. The lowest BCUT2D eigenvalue weighted by atomic mass is 10.1. The summed E-state index contributed by atoms with van der Waals surface area (Å²) in [6.07, 6.45) is 0. The Bertz CT molecular complexity index is 804. The van der Waals surface area contributed by atoms with E-state index in [2.05, 4.69) is 5.32 Å². The smallest absolute Gasteiger partial charge is 0.256 e. The number of benzene rings is 2. The fourth-order valence-corrected chi connectivity index (χ4v) is 2.32. The van der Waals surface area contributed by atoms with E-state index < -0.39 is 21.7 Å². The summed E-state index contributed by atoms with van der Waals surface area (Å²) in [5, 5.41) is 7.30. The second-order valence-corrected chi connectivity index (χ2v) is 6.02. The topological polar surface area (TPSA) is 89.3 Å². The third kappa shape index (κ3) is 3.45. The molecule has 21 heavy (non-hydrogen) atoms. The number of carbonyl (C=O) groups excluding carboxylic acids is 1. The molecule has 2 aromatic carbocycles. The number of primary sulfonamides is 1. The zero-order valence-electron chi connectivity index (χ0n) is 11.1. The molecule has 0 aliphatic rings. The Morgan fingerprint density at radius 1 is 1.19 bits per heavy atom. The van der Waals surface area contributed by atoms with E-state index in [-0.39, 0.29) is 10.6 Å². The Hall–Kier alpha value is -2.25. The number of hydrogen-bond donors (Lipinski definition) is 2. The Labute approximate surface area is 121 Å². The second-order valence-electron chi connectivity index (χ2n) is 4.46. The number of nitrogens with two attached hydrogens (primary N) is 1. The molecule has 0 fully saturated rings. The van der Waals surface area contributed by atoms with Crippen LogP contribution in [0.2, 0.25) is 0 Å². The highest BCUT2D eigenvalue weighted by atomic mass is 32.2. The molecule has 0 heterocycles. The molecule has 0 aliphatic carbocycles. The van der Waals surface area contributed by atoms with Gasteiger partial charge in [0.15, 0.2) is 0 Å². The van der Waals surface area contributed by atoms with Gasteiger partial charge < -0.3 is 5.32 Å². The maximum atomic E-state index is 13.8. The molecular formula is C14H13FN2O3S. The number of aryl methyl sites for hydroxylation is 1. The highest BCUT2D eigenvalue weighted by molar-refractivity contribution is 7.89. The van der Waals surface area contributed by atoms with Crippen LogP contribution >= 0.6 is 0 Å². The lowest BCUT2D eigenvalue weighted by Gasteiger charge is -2.09. The molecule has 0 spiro atoms. The lowest BCUT2D eigenvalue weighted by molar-refractivity contribution is 0.102. The SMILES string of the molecule is Cc1ccccc1C(=O)Nc1ccc(S(N)(=O)=O)cc1F. The monoisotopic (exact) mass is 308 g/mol. The first kappa shape index (κ1) is 15.1. The van der Waals surface area contributed by atoms with Crippen molar-refractivity contribution in [3.63, 3.8) is 0 Å². The Morgan fingerprint density at radius 2 is 1.86 bits per heavy atom. The van der Waals surface area contributed by atoms with Gasteiger partial charge in [-0.3, -0.25) is 4.79 Å². The average molecular weight is 308 g/mol. The Balaban J connectivity index is 2.29. The molecular weight excluding hydrogens is 295 g/mol. The zero-order chi connectivity index (χ0) is 15.6. The van der Waals surface area contributed by atoms with Crippen LogP contribution in [-0.4, -0.2) is 14.3 Å². The van der Waals surface area contributed by atoms with Gasteiger partial charge >= 0.3 is 0 Å². The number of nitrogens with one attached hydrogen (secondary N) is 1. The van der Waals surface area contributed by atoms with Crippen LogP contribution in [0.4, 0.5) is 10.1 Å². The van der Waals surface area contributed by atoms with Gasteiger partial charge in [-0.25, -0.2) is 17.9 Å². The molecule has 2 aromatic rings. The van der Waals surface area contributed by atoms with Crippen LogP contribution in [0.1, 0.15) is 15.9 Å². The van der Waals surface area contributed by atoms with Gasteiger partial charge in [0.05, 0.1) is 10.6 Å². The maximum absolute atomic E-state index is 13.8. The standard InChI is InChI=1S/C14H13FN2O3S/c1-9-4-2-3-5-11(9)14(18)17-13-7-6-10(8-12(13)15)21(16,19)20/h2-8H,1H3,(H,17,18)(H2,16,19,20). The molecule has 5 nitrogen and oxygen atoms in total. The number of anilines is 1. The van der Waals surface area contributed by atoms with Crippen molar-refractivity contribution in [3.8, 4) is 0 Å². The number of sulfonamides is 1. The highest BCUT2D eigenvalue weighted by Gasteiger charge is 2.14. The minimum Gasteiger partial charge on any atom is -0.319 e. The summed E-state index contributed by atoms with van der Waals surface area (Å²) in [6.45, 7) is 1.76. The molecule has 7 heteroatoms. The maximum Gasteiger partial charge on any atom is 0.256 e. The van der Waals surface area contributed by atoms with E-state index in [1.54, 1.807) is 31.2 Å². The van der Waals surface area contributed by atoms with Gasteiger partial charge in [0.1, 0.15) is 5.82 Å². The first-order valence-corrected chi connectivity index (χ1v) is 7.53. The van der Waals surface area contributed by atoms with E-state index in [1.165, 1.54) is 0 Å². The van der Waals surface area contributed by atoms with Crippen LogP contribution in [-0.2, 0) is 10.0 Å². The van der Waals surface area contributed by atoms with Crippen LogP contribution in [0.25, 0.3) is 0 Å². The fourth-order valence-electron chi connectivity index (χ4n) is 1.79. The first-order chi connectivity index (χ1) is 9.79. The van der Waals surface area contributed by atoms with Gasteiger partial charge in [0.2, 0.25) is 10.0 Å². The van der Waals surface area contributed by atoms with Gasteiger partial charge in [-0.05, 0) is 36.8 Å². The third-order valence-electron chi connectivity index (χ3n) is 2.91. The van der Waals surface area contributed by atoms with Gasteiger partial charge in [-0.15, -0.1) is 0 Å². The van der Waals surface area contributed by atoms with Crippen molar-refractivity contribution in [2.45, 2.75) is 11.8 Å². The summed E-state index contributed by atoms with van der Waals surface area (Å²) in [4.78, 5) is 11.7. The predicted octanol–water partition coefficient (Wildman–Crippen LogP) is 2.03. The van der Waals surface area contributed by atoms with E-state index in [4.69, 9.17) is 5.14 Å². The van der Waals surface area contributed by atoms with Crippen LogP contribution < -0.4 is 10.5 Å². The van der Waals surface area contributed by atoms with E-state index in [0.717, 1.165) is 23.8 Å². The van der Waals surface area contributed by atoms with Crippen LogP contribution in [0.15, 0.2) is 47.4 Å². The van der Waals surface area contributed by atoms with Crippen molar-refractivity contribution in [1.82, 2.24) is 0 Å². The predicted molar refractivity (Wildman–Crippen MR) is 76.9 cm³/mol. The summed E-state index contributed by atoms with van der Waals surface area (Å²) in [5.74, 6) is -1.35. The largest absolute Gasteiger partial charge is 0.319 e. The highest BCUT2D eigenvalue weighted by Crippen LogP contribution is 2.19. The number of amides is 1. The molecule has 110 valence electrons. The number of rotatable bonds is 3. The molecule has 2 rings (SSSR count). The van der Waals surface area contributed by atoms with Crippen molar-refractivity contribution >= 4 is 21.6 Å². The molecule has 0 bridgehead atoms. The molecule has 0 unspecified atom stereocenters. The summed E-state index contributed by atoms with van der Waals surface area (Å²) in [6, 6.07) is 9.91. The number of carbonyl (C=O) groups is 1. The van der Waals surface area contributed by atoms with E-state index >= 15 is 0 Å². The molecule has 0 saturated heterocycles. The van der Waals surface area contributed by atoms with Crippen LogP contribution in [0.3, 0.4) is 0 Å². The van der Waals surface area contributed by atoms with E-state index in [9.17, 15) is 17.6 Å². The number of halogens is 1. The van der Waals surface area contributed by atoms with Crippen molar-refractivity contribution in [3.05, 3.63) is 59.4 Å². The van der Waals surface area contributed by atoms with Crippen LogP contribution in [0.5, 0.6) is 0 Å². The van der Waals surface area contributed by atoms with Gasteiger partial charge in [0.25, 0.3) is 5.91 Å². The molecule has 1 amide bonds. The zero-order valence-corrected chi connectivity index (χ0v) is 11.9. The van der Waals surface area contributed by atoms with Crippen LogP contribution in [0, 0.1) is 12.7 Å². The van der Waals surface area contributed by atoms with Gasteiger partial charge in [-0.1, -0.05) is 18.2 Å². The molecule has 0 aliphatic heterocycles. The lowest BCUT2D eigenvalue weighted by Crippen LogP contribution is -2.16. The molecule has 0 aromatic heterocycles. The minimum absolute atomic E-state index is 0.115. The summed E-state index contributed by atoms with van der Waals surface area (Å²) >= 11 is 0. The summed E-state index contributed by atoms with van der Waals surface area (Å²) in [5.41, 5.74) is 1.04. The van der Waals surface area contributed by atoms with Crippen molar-refractivity contribution in [2.24, 2.45) is 5.14 Å². The van der Waals surface area contributed by atoms with Gasteiger partial charge in [-0.2, -0.15) is 0 Å². The van der Waals surface area contributed by atoms with Crippen molar-refractivity contribution in [2.75, 3.05) is 5.32 Å². The first-order valence-electron chi connectivity index (χ1n) is 5.98. The Kier molecular flexibility index (Phi) is 4.06. The third-order valence-corrected chi connectivity index (χ3v) is 3.82. The van der Waals surface area contributed by atoms with E-state index in [1.807, 2.05) is 0 Å². The van der Waals surface area contributed by atoms with E-state index in [0.29, 0.717) is 5.56 Å². The molecule has 3 N–H and O–H groups in total. The average Bonchev–Trinajstić information content (AvgIpc) is 2.40. The van der Waals surface area contributed by atoms with Crippen molar-refractivity contribution in [1.29, 1.82) is 0 Å². The summed E-state index contributed by atoms with van der Waals surface area (Å²) in [7, 11) is -3.98.